The van der Waals surface area contributed by atoms with Crippen LogP contribution in [0.25, 0.3) is 6.08 Å². The zero-order valence-corrected chi connectivity index (χ0v) is 17.6. The number of allylic oxidation sites excluding steroid dienone is 1. The summed E-state index contributed by atoms with van der Waals surface area (Å²) in [6.07, 6.45) is 2.76. The predicted molar refractivity (Wildman–Crippen MR) is 116 cm³/mol. The number of anilines is 2. The Kier molecular flexibility index (Phi) is 5.78. The molecular weight excluding hydrogens is 404 g/mol. The van der Waals surface area contributed by atoms with Gasteiger partial charge in [-0.15, -0.1) is 0 Å². The molecular formula is C22H24N2O5S. The molecule has 2 aromatic rings. The van der Waals surface area contributed by atoms with Crippen molar-refractivity contribution in [2.75, 3.05) is 43.0 Å². The van der Waals surface area contributed by atoms with Crippen molar-refractivity contribution in [3.05, 3.63) is 64.1 Å². The van der Waals surface area contributed by atoms with Crippen LogP contribution in [0.5, 0.6) is 0 Å². The summed E-state index contributed by atoms with van der Waals surface area (Å²) in [5, 5.41) is 0. The molecule has 158 valence electrons. The molecule has 1 N–H and O–H groups in total. The Morgan fingerprint density at radius 3 is 2.63 bits per heavy atom. The van der Waals surface area contributed by atoms with Gasteiger partial charge in [-0.05, 0) is 48.2 Å². The maximum absolute atomic E-state index is 13.1. The van der Waals surface area contributed by atoms with E-state index in [2.05, 4.69) is 9.62 Å². The largest absolute Gasteiger partial charge is 0.465 e. The van der Waals surface area contributed by atoms with Gasteiger partial charge < -0.3 is 14.4 Å². The Balaban J connectivity index is 1.64. The first-order valence-electron chi connectivity index (χ1n) is 9.84. The molecule has 0 saturated carbocycles. The molecule has 7 nitrogen and oxygen atoms in total. The summed E-state index contributed by atoms with van der Waals surface area (Å²) in [5.74, 6) is -0.592. The molecule has 2 aromatic carbocycles. The minimum absolute atomic E-state index is 0.182. The molecule has 2 aliphatic rings. The summed E-state index contributed by atoms with van der Waals surface area (Å²) >= 11 is 0. The van der Waals surface area contributed by atoms with Crippen LogP contribution in [0.15, 0.2) is 47.4 Å². The smallest absolute Gasteiger partial charge is 0.340 e. The van der Waals surface area contributed by atoms with E-state index in [0.29, 0.717) is 44.1 Å². The Labute approximate surface area is 176 Å². The number of esters is 1. The third kappa shape index (κ3) is 4.20. The Morgan fingerprint density at radius 1 is 1.10 bits per heavy atom. The molecule has 0 radical (unpaired) electrons. The lowest BCUT2D eigenvalue weighted by molar-refractivity contribution is 0.0602. The van der Waals surface area contributed by atoms with E-state index in [1.165, 1.54) is 7.11 Å². The van der Waals surface area contributed by atoms with Crippen molar-refractivity contribution in [1.29, 1.82) is 0 Å². The molecule has 0 spiro atoms. The molecule has 0 bridgehead atoms. The number of rotatable bonds is 5. The first-order chi connectivity index (χ1) is 14.5. The van der Waals surface area contributed by atoms with Gasteiger partial charge in [-0.25, -0.2) is 13.2 Å². The Hall–Kier alpha value is -2.84. The van der Waals surface area contributed by atoms with Crippen LogP contribution in [-0.4, -0.2) is 47.8 Å². The van der Waals surface area contributed by atoms with Crippen molar-refractivity contribution in [1.82, 2.24) is 0 Å². The lowest BCUT2D eigenvalue weighted by Gasteiger charge is -2.29. The second-order valence-corrected chi connectivity index (χ2v) is 8.97. The fourth-order valence-electron chi connectivity index (χ4n) is 3.75. The van der Waals surface area contributed by atoms with Gasteiger partial charge in [-0.2, -0.15) is 0 Å². The molecule has 0 unspecified atom stereocenters. The number of hydrogen-bond donors (Lipinski definition) is 1. The van der Waals surface area contributed by atoms with Gasteiger partial charge in [0.2, 0.25) is 0 Å². The first kappa shape index (κ1) is 20.4. The van der Waals surface area contributed by atoms with E-state index in [-0.39, 0.29) is 11.3 Å². The van der Waals surface area contributed by atoms with E-state index >= 15 is 0 Å². The van der Waals surface area contributed by atoms with Gasteiger partial charge in [-0.3, -0.25) is 4.72 Å². The predicted octanol–water partition coefficient (Wildman–Crippen LogP) is 3.04. The number of nitrogens with one attached hydrogen (secondary N) is 1. The SMILES string of the molecule is COC(=O)c1cc(N2CCOCC2)ccc1NS(=O)(=O)C1=Cc2ccccc2CC1. The minimum atomic E-state index is -3.81. The number of morpholine rings is 1. The molecule has 1 aliphatic heterocycles. The molecule has 1 fully saturated rings. The van der Waals surface area contributed by atoms with Crippen molar-refractivity contribution in [2.24, 2.45) is 0 Å². The van der Waals surface area contributed by atoms with Crippen LogP contribution in [0, 0.1) is 0 Å². The van der Waals surface area contributed by atoms with Crippen LogP contribution in [0.1, 0.15) is 27.9 Å². The van der Waals surface area contributed by atoms with E-state index in [9.17, 15) is 13.2 Å². The molecule has 1 heterocycles. The second-order valence-electron chi connectivity index (χ2n) is 7.24. The van der Waals surface area contributed by atoms with Crippen LogP contribution in [0.2, 0.25) is 0 Å². The molecule has 0 atom stereocenters. The summed E-state index contributed by atoms with van der Waals surface area (Å²) in [7, 11) is -2.53. The van der Waals surface area contributed by atoms with Gasteiger partial charge in [0.05, 0.1) is 36.5 Å². The summed E-state index contributed by atoms with van der Waals surface area (Å²) in [4.78, 5) is 14.8. The topological polar surface area (TPSA) is 84.9 Å². The number of nitrogens with zero attached hydrogens (tertiary/aromatic N) is 1. The highest BCUT2D eigenvalue weighted by Crippen LogP contribution is 2.30. The number of ether oxygens (including phenoxy) is 2. The Morgan fingerprint density at radius 2 is 1.87 bits per heavy atom. The van der Waals surface area contributed by atoms with Gasteiger partial charge in [0.1, 0.15) is 0 Å². The van der Waals surface area contributed by atoms with E-state index in [1.54, 1.807) is 24.3 Å². The molecule has 0 amide bonds. The standard InChI is InChI=1S/C22H24N2O5S/c1-28-22(25)20-15-18(24-10-12-29-13-11-24)7-9-21(20)23-30(26,27)19-8-6-16-4-2-3-5-17(16)14-19/h2-5,7,9,14-15,23H,6,8,10-13H2,1H3. The van der Waals surface area contributed by atoms with Crippen molar-refractivity contribution in [3.8, 4) is 0 Å². The van der Waals surface area contributed by atoms with Crippen LogP contribution in [0.3, 0.4) is 0 Å². The maximum Gasteiger partial charge on any atom is 0.340 e. The lowest BCUT2D eigenvalue weighted by atomic mass is 9.98. The number of hydrogen-bond acceptors (Lipinski definition) is 6. The van der Waals surface area contributed by atoms with E-state index in [1.807, 2.05) is 24.3 Å². The molecule has 30 heavy (non-hydrogen) atoms. The number of carbonyl (C=O) groups is 1. The quantitative estimate of drug-likeness (QED) is 0.737. The van der Waals surface area contributed by atoms with Crippen molar-refractivity contribution >= 4 is 33.4 Å². The van der Waals surface area contributed by atoms with Crippen LogP contribution in [0.4, 0.5) is 11.4 Å². The highest BCUT2D eigenvalue weighted by molar-refractivity contribution is 7.96. The van der Waals surface area contributed by atoms with Gasteiger partial charge in [-0.1, -0.05) is 24.3 Å². The normalized spacial score (nSPS) is 16.4. The Bertz CT molecular complexity index is 1090. The minimum Gasteiger partial charge on any atom is -0.465 e. The molecule has 0 aromatic heterocycles. The van der Waals surface area contributed by atoms with Crippen LogP contribution >= 0.6 is 0 Å². The van der Waals surface area contributed by atoms with Gasteiger partial charge >= 0.3 is 5.97 Å². The number of carbonyl (C=O) groups excluding carboxylic acids is 1. The van der Waals surface area contributed by atoms with Crippen molar-refractivity contribution in [3.63, 3.8) is 0 Å². The zero-order chi connectivity index (χ0) is 21.1. The van der Waals surface area contributed by atoms with E-state index < -0.39 is 16.0 Å². The average Bonchev–Trinajstić information content (AvgIpc) is 2.79. The molecule has 8 heteroatoms. The monoisotopic (exact) mass is 428 g/mol. The highest BCUT2D eigenvalue weighted by Gasteiger charge is 2.25. The molecule has 1 saturated heterocycles. The number of sulfonamides is 1. The fraction of sp³-hybridized carbons (Fsp3) is 0.318. The summed E-state index contributed by atoms with van der Waals surface area (Å²) in [5.41, 5.74) is 3.24. The van der Waals surface area contributed by atoms with Crippen molar-refractivity contribution < 1.29 is 22.7 Å². The number of fused-ring (bicyclic) bond motifs is 1. The lowest BCUT2D eigenvalue weighted by Crippen LogP contribution is -2.36. The van der Waals surface area contributed by atoms with Crippen LogP contribution in [-0.2, 0) is 25.9 Å². The van der Waals surface area contributed by atoms with Gasteiger partial charge in [0.25, 0.3) is 10.0 Å². The second kappa shape index (κ2) is 8.49. The first-order valence-corrected chi connectivity index (χ1v) is 11.3. The number of aryl methyl sites for hydroxylation is 1. The van der Waals surface area contributed by atoms with Gasteiger partial charge in [0.15, 0.2) is 0 Å². The summed E-state index contributed by atoms with van der Waals surface area (Å²) < 4.78 is 39.0. The van der Waals surface area contributed by atoms with Crippen molar-refractivity contribution in [2.45, 2.75) is 12.8 Å². The third-order valence-corrected chi connectivity index (χ3v) is 6.89. The molecule has 1 aliphatic carbocycles. The zero-order valence-electron chi connectivity index (χ0n) is 16.8. The van der Waals surface area contributed by atoms with E-state index in [0.717, 1.165) is 16.8 Å². The van der Waals surface area contributed by atoms with Gasteiger partial charge in [0, 0.05) is 18.8 Å². The van der Waals surface area contributed by atoms with E-state index in [4.69, 9.17) is 9.47 Å². The maximum atomic E-state index is 13.1. The fourth-order valence-corrected chi connectivity index (χ4v) is 5.00. The average molecular weight is 429 g/mol. The molecule has 4 rings (SSSR count). The highest BCUT2D eigenvalue weighted by atomic mass is 32.2. The number of benzene rings is 2. The summed E-state index contributed by atoms with van der Waals surface area (Å²) in [6, 6.07) is 12.8. The summed E-state index contributed by atoms with van der Waals surface area (Å²) in [6.45, 7) is 2.63. The van der Waals surface area contributed by atoms with Crippen LogP contribution < -0.4 is 9.62 Å². The number of methoxy groups -OCH3 is 1. The third-order valence-electron chi connectivity index (χ3n) is 5.39.